The lowest BCUT2D eigenvalue weighted by atomic mass is 10.3. The minimum Gasteiger partial charge on any atom is -0.436 e. The van der Waals surface area contributed by atoms with E-state index in [9.17, 15) is 0 Å². The van der Waals surface area contributed by atoms with Crippen molar-refractivity contribution in [2.45, 2.75) is 6.54 Å². The zero-order valence-electron chi connectivity index (χ0n) is 9.35. The van der Waals surface area contributed by atoms with Crippen LogP contribution in [0.1, 0.15) is 5.56 Å². The van der Waals surface area contributed by atoms with Crippen LogP contribution in [0.15, 0.2) is 36.8 Å². The maximum Gasteiger partial charge on any atom is 0.238 e. The van der Waals surface area contributed by atoms with Gasteiger partial charge in [-0.1, -0.05) is 11.6 Å². The van der Waals surface area contributed by atoms with Crippen LogP contribution in [0.2, 0.25) is 5.02 Å². The Morgan fingerprint density at radius 3 is 2.94 bits per heavy atom. The number of hydrogen-bond donors (Lipinski definition) is 1. The number of rotatable bonds is 4. The predicted octanol–water partition coefficient (Wildman–Crippen LogP) is 2.64. The van der Waals surface area contributed by atoms with Crippen LogP contribution in [-0.2, 0) is 6.54 Å². The quantitative estimate of drug-likeness (QED) is 0.905. The largest absolute Gasteiger partial charge is 0.436 e. The minimum atomic E-state index is 0.388. The van der Waals surface area contributed by atoms with Gasteiger partial charge < -0.3 is 10.1 Å². The molecule has 0 fully saturated rings. The Morgan fingerprint density at radius 1 is 1.41 bits per heavy atom. The molecule has 0 atom stereocenters. The van der Waals surface area contributed by atoms with E-state index in [1.807, 2.05) is 13.1 Å². The molecule has 88 valence electrons. The van der Waals surface area contributed by atoms with Crippen LogP contribution in [0, 0.1) is 0 Å². The maximum atomic E-state index is 6.08. The van der Waals surface area contributed by atoms with Gasteiger partial charge in [-0.3, -0.25) is 4.98 Å². The van der Waals surface area contributed by atoms with Gasteiger partial charge in [0.05, 0.1) is 6.20 Å². The van der Waals surface area contributed by atoms with Crippen molar-refractivity contribution in [2.24, 2.45) is 0 Å². The number of hydrogen-bond acceptors (Lipinski definition) is 4. The normalized spacial score (nSPS) is 10.2. The highest BCUT2D eigenvalue weighted by Gasteiger charge is 2.05. The Morgan fingerprint density at radius 2 is 2.29 bits per heavy atom. The number of aromatic nitrogens is 2. The second kappa shape index (κ2) is 5.61. The summed E-state index contributed by atoms with van der Waals surface area (Å²) in [4.78, 5) is 8.12. The van der Waals surface area contributed by atoms with Crippen molar-refractivity contribution in [3.8, 4) is 11.6 Å². The van der Waals surface area contributed by atoms with E-state index in [0.717, 1.165) is 12.1 Å². The molecule has 0 aliphatic carbocycles. The molecule has 0 radical (unpaired) electrons. The number of nitrogens with zero attached hydrogens (tertiary/aromatic N) is 2. The summed E-state index contributed by atoms with van der Waals surface area (Å²) >= 11 is 6.08. The van der Waals surface area contributed by atoms with Crippen LogP contribution in [0.5, 0.6) is 11.6 Å². The van der Waals surface area contributed by atoms with E-state index in [2.05, 4.69) is 15.3 Å². The fourth-order valence-electron chi connectivity index (χ4n) is 1.36. The van der Waals surface area contributed by atoms with Gasteiger partial charge in [0.2, 0.25) is 5.88 Å². The highest BCUT2D eigenvalue weighted by atomic mass is 35.5. The van der Waals surface area contributed by atoms with Crippen LogP contribution >= 0.6 is 11.6 Å². The van der Waals surface area contributed by atoms with Gasteiger partial charge in [-0.05, 0) is 30.8 Å². The third-order valence-corrected chi connectivity index (χ3v) is 2.36. The van der Waals surface area contributed by atoms with Gasteiger partial charge >= 0.3 is 0 Å². The summed E-state index contributed by atoms with van der Waals surface area (Å²) in [5.41, 5.74) is 1.01. The van der Waals surface area contributed by atoms with Crippen molar-refractivity contribution in [3.05, 3.63) is 47.4 Å². The Hall–Kier alpha value is -1.65. The Bertz CT molecular complexity index is 490. The van der Waals surface area contributed by atoms with Gasteiger partial charge in [0, 0.05) is 18.9 Å². The van der Waals surface area contributed by atoms with Crippen LogP contribution in [0.4, 0.5) is 0 Å². The number of pyridine rings is 2. The first-order valence-corrected chi connectivity index (χ1v) is 5.54. The van der Waals surface area contributed by atoms with Crippen LogP contribution in [-0.4, -0.2) is 17.0 Å². The smallest absolute Gasteiger partial charge is 0.238 e. The molecule has 0 saturated heterocycles. The molecule has 4 nitrogen and oxygen atoms in total. The Balaban J connectivity index is 2.17. The molecule has 5 heteroatoms. The molecule has 0 aliphatic rings. The zero-order chi connectivity index (χ0) is 12.1. The third kappa shape index (κ3) is 3.15. The lowest BCUT2D eigenvalue weighted by Crippen LogP contribution is -2.05. The Labute approximate surface area is 105 Å². The summed E-state index contributed by atoms with van der Waals surface area (Å²) in [5.74, 6) is 1.00. The second-order valence-corrected chi connectivity index (χ2v) is 3.86. The van der Waals surface area contributed by atoms with Crippen molar-refractivity contribution < 1.29 is 4.74 Å². The summed E-state index contributed by atoms with van der Waals surface area (Å²) < 4.78 is 5.52. The Kier molecular flexibility index (Phi) is 3.90. The fraction of sp³-hybridized carbons (Fsp3) is 0.167. The first kappa shape index (κ1) is 11.8. The molecule has 0 unspecified atom stereocenters. The minimum absolute atomic E-state index is 0.388. The van der Waals surface area contributed by atoms with Gasteiger partial charge in [-0.15, -0.1) is 0 Å². The molecule has 0 aromatic carbocycles. The van der Waals surface area contributed by atoms with Gasteiger partial charge in [-0.25, -0.2) is 4.98 Å². The molecule has 0 aliphatic heterocycles. The molecule has 2 aromatic heterocycles. The lowest BCUT2D eigenvalue weighted by Gasteiger charge is -2.07. The van der Waals surface area contributed by atoms with E-state index < -0.39 is 0 Å². The molecule has 17 heavy (non-hydrogen) atoms. The van der Waals surface area contributed by atoms with E-state index in [4.69, 9.17) is 16.3 Å². The summed E-state index contributed by atoms with van der Waals surface area (Å²) in [7, 11) is 1.87. The van der Waals surface area contributed by atoms with Gasteiger partial charge in [0.25, 0.3) is 0 Å². The molecule has 2 aromatic rings. The first-order chi connectivity index (χ1) is 8.29. The van der Waals surface area contributed by atoms with Crippen LogP contribution in [0.25, 0.3) is 0 Å². The monoisotopic (exact) mass is 249 g/mol. The van der Waals surface area contributed by atoms with E-state index in [1.54, 1.807) is 30.7 Å². The maximum absolute atomic E-state index is 6.08. The SMILES string of the molecule is CNCc1cnc(Oc2cccnc2)c(Cl)c1. The molecule has 2 heterocycles. The summed E-state index contributed by atoms with van der Waals surface area (Å²) in [6.07, 6.45) is 5.02. The standard InChI is InChI=1S/C12H12ClN3O/c1-14-6-9-5-11(13)12(16-7-9)17-10-3-2-4-15-8-10/h2-5,7-8,14H,6H2,1H3. The van der Waals surface area contributed by atoms with Crippen molar-refractivity contribution in [1.82, 2.24) is 15.3 Å². The third-order valence-electron chi connectivity index (χ3n) is 2.09. The number of ether oxygens (including phenoxy) is 1. The fourth-order valence-corrected chi connectivity index (χ4v) is 1.59. The van der Waals surface area contributed by atoms with Gasteiger partial charge in [-0.2, -0.15) is 0 Å². The molecule has 0 amide bonds. The van der Waals surface area contributed by atoms with Crippen molar-refractivity contribution in [3.63, 3.8) is 0 Å². The lowest BCUT2D eigenvalue weighted by molar-refractivity contribution is 0.460. The van der Waals surface area contributed by atoms with Crippen LogP contribution < -0.4 is 10.1 Å². The predicted molar refractivity (Wildman–Crippen MR) is 66.3 cm³/mol. The summed E-state index contributed by atoms with van der Waals surface area (Å²) in [5, 5.41) is 3.52. The summed E-state index contributed by atoms with van der Waals surface area (Å²) in [6.45, 7) is 0.722. The molecule has 0 bridgehead atoms. The van der Waals surface area contributed by atoms with Crippen molar-refractivity contribution >= 4 is 11.6 Å². The second-order valence-electron chi connectivity index (χ2n) is 3.45. The highest BCUT2D eigenvalue weighted by Crippen LogP contribution is 2.26. The van der Waals surface area contributed by atoms with Crippen molar-refractivity contribution in [2.75, 3.05) is 7.05 Å². The van der Waals surface area contributed by atoms with Crippen LogP contribution in [0.3, 0.4) is 0 Å². The molecule has 1 N–H and O–H groups in total. The van der Waals surface area contributed by atoms with E-state index in [0.29, 0.717) is 16.7 Å². The molecule has 0 saturated carbocycles. The topological polar surface area (TPSA) is 47.0 Å². The van der Waals surface area contributed by atoms with E-state index >= 15 is 0 Å². The van der Waals surface area contributed by atoms with Gasteiger partial charge in [0.1, 0.15) is 10.8 Å². The summed E-state index contributed by atoms with van der Waals surface area (Å²) in [6, 6.07) is 5.42. The average Bonchev–Trinajstić information content (AvgIpc) is 2.34. The zero-order valence-corrected chi connectivity index (χ0v) is 10.1. The molecular formula is C12H12ClN3O. The van der Waals surface area contributed by atoms with E-state index in [1.165, 1.54) is 0 Å². The number of nitrogens with one attached hydrogen (secondary N) is 1. The highest BCUT2D eigenvalue weighted by molar-refractivity contribution is 6.31. The molecule has 0 spiro atoms. The molecular weight excluding hydrogens is 238 g/mol. The number of halogens is 1. The van der Waals surface area contributed by atoms with E-state index in [-0.39, 0.29) is 0 Å². The molecule has 2 rings (SSSR count). The van der Waals surface area contributed by atoms with Gasteiger partial charge in [0.15, 0.2) is 0 Å². The van der Waals surface area contributed by atoms with Crippen molar-refractivity contribution in [1.29, 1.82) is 0 Å². The first-order valence-electron chi connectivity index (χ1n) is 5.16. The average molecular weight is 250 g/mol.